The summed E-state index contributed by atoms with van der Waals surface area (Å²) in [5.74, 6) is 0.869. The second kappa shape index (κ2) is 11.0. The average Bonchev–Trinajstić information content (AvgIpc) is 2.87. The molecule has 1 N–H and O–H groups in total. The van der Waals surface area contributed by atoms with E-state index in [4.69, 9.17) is 18.6 Å². The number of methoxy groups -OCH3 is 1. The minimum absolute atomic E-state index is 0.518. The Morgan fingerprint density at radius 2 is 2.00 bits per heavy atom. The molecule has 0 aliphatic rings. The lowest BCUT2D eigenvalue weighted by atomic mass is 10.3. The Bertz CT molecular complexity index is 314. The van der Waals surface area contributed by atoms with E-state index in [1.165, 1.54) is 0 Å². The maximum absolute atomic E-state index is 5.52. The molecule has 0 aromatic carbocycles. The fraction of sp³-hybridized carbons (Fsp3) is 0.714. The highest BCUT2D eigenvalue weighted by Gasteiger charge is 2.01. The Kier molecular flexibility index (Phi) is 9.36. The van der Waals surface area contributed by atoms with E-state index in [9.17, 15) is 0 Å². The van der Waals surface area contributed by atoms with Gasteiger partial charge in [0.2, 0.25) is 0 Å². The Morgan fingerprint density at radius 3 is 2.79 bits per heavy atom. The number of hydrogen-bond donors (Lipinski definition) is 1. The standard InChI is InChI=1S/C14H25NO4/c1-3-15-10-13-9-14(19-11-13)12-18-6-4-5-17-8-7-16-2/h9,11,15H,3-8,10,12H2,1-2H3. The predicted octanol–water partition coefficient (Wildman–Crippen LogP) is 1.96. The van der Waals surface area contributed by atoms with Crippen molar-refractivity contribution in [2.24, 2.45) is 0 Å². The lowest BCUT2D eigenvalue weighted by molar-refractivity contribution is 0.0453. The maximum atomic E-state index is 5.52. The third-order valence-electron chi connectivity index (χ3n) is 2.54. The second-order valence-corrected chi connectivity index (χ2v) is 4.21. The van der Waals surface area contributed by atoms with Crippen molar-refractivity contribution >= 4 is 0 Å². The van der Waals surface area contributed by atoms with E-state index in [1.807, 2.05) is 6.07 Å². The molecular weight excluding hydrogens is 246 g/mol. The quantitative estimate of drug-likeness (QED) is 0.589. The molecule has 1 heterocycles. The molecule has 0 atom stereocenters. The second-order valence-electron chi connectivity index (χ2n) is 4.21. The highest BCUT2D eigenvalue weighted by atomic mass is 16.5. The van der Waals surface area contributed by atoms with Crippen LogP contribution in [-0.4, -0.2) is 40.1 Å². The molecule has 0 unspecified atom stereocenters. The van der Waals surface area contributed by atoms with Crippen molar-refractivity contribution in [3.05, 3.63) is 23.7 Å². The van der Waals surface area contributed by atoms with E-state index < -0.39 is 0 Å². The maximum Gasteiger partial charge on any atom is 0.129 e. The summed E-state index contributed by atoms with van der Waals surface area (Å²) >= 11 is 0. The average molecular weight is 271 g/mol. The van der Waals surface area contributed by atoms with E-state index >= 15 is 0 Å². The van der Waals surface area contributed by atoms with Gasteiger partial charge in [-0.25, -0.2) is 0 Å². The van der Waals surface area contributed by atoms with Crippen LogP contribution in [0.5, 0.6) is 0 Å². The third-order valence-corrected chi connectivity index (χ3v) is 2.54. The van der Waals surface area contributed by atoms with Gasteiger partial charge in [-0.05, 0) is 19.0 Å². The molecule has 19 heavy (non-hydrogen) atoms. The van der Waals surface area contributed by atoms with Gasteiger partial charge in [-0.1, -0.05) is 6.92 Å². The normalized spacial score (nSPS) is 11.1. The van der Waals surface area contributed by atoms with Crippen molar-refractivity contribution < 1.29 is 18.6 Å². The van der Waals surface area contributed by atoms with Crippen molar-refractivity contribution in [2.75, 3.05) is 40.1 Å². The topological polar surface area (TPSA) is 52.9 Å². The Labute approximate surface area is 115 Å². The molecule has 1 rings (SSSR count). The smallest absolute Gasteiger partial charge is 0.129 e. The van der Waals surface area contributed by atoms with Crippen LogP contribution in [0.3, 0.4) is 0 Å². The number of ether oxygens (including phenoxy) is 3. The van der Waals surface area contributed by atoms with Crippen LogP contribution in [-0.2, 0) is 27.4 Å². The Morgan fingerprint density at radius 1 is 1.16 bits per heavy atom. The number of furan rings is 1. The lowest BCUT2D eigenvalue weighted by Crippen LogP contribution is -2.10. The number of rotatable bonds is 12. The van der Waals surface area contributed by atoms with Crippen LogP contribution in [0.15, 0.2) is 16.7 Å². The van der Waals surface area contributed by atoms with Crippen molar-refractivity contribution in [3.63, 3.8) is 0 Å². The van der Waals surface area contributed by atoms with Crippen LogP contribution >= 0.6 is 0 Å². The van der Waals surface area contributed by atoms with Gasteiger partial charge in [0.1, 0.15) is 12.4 Å². The molecule has 5 heteroatoms. The molecule has 0 aliphatic carbocycles. The first-order valence-electron chi connectivity index (χ1n) is 6.78. The molecule has 0 spiro atoms. The van der Waals surface area contributed by atoms with Gasteiger partial charge in [-0.3, -0.25) is 0 Å². The zero-order valence-electron chi connectivity index (χ0n) is 11.9. The highest BCUT2D eigenvalue weighted by Crippen LogP contribution is 2.09. The van der Waals surface area contributed by atoms with Crippen LogP contribution in [0.25, 0.3) is 0 Å². The lowest BCUT2D eigenvalue weighted by Gasteiger charge is -2.04. The van der Waals surface area contributed by atoms with Crippen LogP contribution < -0.4 is 5.32 Å². The molecular formula is C14H25NO4. The first kappa shape index (κ1) is 16.2. The van der Waals surface area contributed by atoms with Gasteiger partial charge < -0.3 is 23.9 Å². The van der Waals surface area contributed by atoms with Crippen LogP contribution in [0, 0.1) is 0 Å². The zero-order valence-corrected chi connectivity index (χ0v) is 11.9. The van der Waals surface area contributed by atoms with Crippen molar-refractivity contribution in [1.29, 1.82) is 0 Å². The third kappa shape index (κ3) is 8.00. The molecule has 0 saturated carbocycles. The SMILES string of the molecule is CCNCc1coc(COCCCOCCOC)c1. The minimum Gasteiger partial charge on any atom is -0.467 e. The largest absolute Gasteiger partial charge is 0.467 e. The van der Waals surface area contributed by atoms with E-state index in [0.29, 0.717) is 33.0 Å². The molecule has 0 radical (unpaired) electrons. The Balaban J connectivity index is 1.98. The highest BCUT2D eigenvalue weighted by molar-refractivity contribution is 5.11. The summed E-state index contributed by atoms with van der Waals surface area (Å²) in [6.45, 7) is 7.06. The number of hydrogen-bond acceptors (Lipinski definition) is 5. The summed E-state index contributed by atoms with van der Waals surface area (Å²) in [7, 11) is 1.67. The summed E-state index contributed by atoms with van der Waals surface area (Å²) in [5, 5.41) is 3.25. The molecule has 0 saturated heterocycles. The van der Waals surface area contributed by atoms with E-state index in [-0.39, 0.29) is 0 Å². The Hall–Kier alpha value is -0.880. The first-order chi connectivity index (χ1) is 9.36. The molecule has 0 aliphatic heterocycles. The summed E-state index contributed by atoms with van der Waals surface area (Å²) in [4.78, 5) is 0. The van der Waals surface area contributed by atoms with Crippen LogP contribution in [0.1, 0.15) is 24.7 Å². The molecule has 0 amide bonds. The van der Waals surface area contributed by atoms with Gasteiger partial charge in [0.15, 0.2) is 0 Å². The predicted molar refractivity (Wildman–Crippen MR) is 73.1 cm³/mol. The van der Waals surface area contributed by atoms with Gasteiger partial charge in [0.25, 0.3) is 0 Å². The fourth-order valence-corrected chi connectivity index (χ4v) is 1.54. The van der Waals surface area contributed by atoms with Gasteiger partial charge in [-0.15, -0.1) is 0 Å². The van der Waals surface area contributed by atoms with Gasteiger partial charge in [-0.2, -0.15) is 0 Å². The van der Waals surface area contributed by atoms with Gasteiger partial charge in [0.05, 0.1) is 19.5 Å². The minimum atomic E-state index is 0.518. The monoisotopic (exact) mass is 271 g/mol. The van der Waals surface area contributed by atoms with Crippen molar-refractivity contribution in [2.45, 2.75) is 26.5 Å². The van der Waals surface area contributed by atoms with Gasteiger partial charge in [0, 0.05) is 32.4 Å². The van der Waals surface area contributed by atoms with Gasteiger partial charge >= 0.3 is 0 Å². The molecule has 1 aromatic heterocycles. The summed E-state index contributed by atoms with van der Waals surface area (Å²) in [6.07, 6.45) is 2.66. The fourth-order valence-electron chi connectivity index (χ4n) is 1.54. The number of nitrogens with one attached hydrogen (secondary N) is 1. The van der Waals surface area contributed by atoms with Crippen LogP contribution in [0.2, 0.25) is 0 Å². The first-order valence-corrected chi connectivity index (χ1v) is 6.78. The van der Waals surface area contributed by atoms with E-state index in [0.717, 1.165) is 30.8 Å². The van der Waals surface area contributed by atoms with E-state index in [2.05, 4.69) is 12.2 Å². The zero-order chi connectivity index (χ0) is 13.8. The molecule has 1 aromatic rings. The summed E-state index contributed by atoms with van der Waals surface area (Å²) in [5.41, 5.74) is 1.16. The molecule has 110 valence electrons. The van der Waals surface area contributed by atoms with E-state index in [1.54, 1.807) is 13.4 Å². The summed E-state index contributed by atoms with van der Waals surface area (Å²) in [6, 6.07) is 2.03. The van der Waals surface area contributed by atoms with Crippen molar-refractivity contribution in [3.8, 4) is 0 Å². The van der Waals surface area contributed by atoms with Crippen molar-refractivity contribution in [1.82, 2.24) is 5.32 Å². The molecule has 0 fully saturated rings. The molecule has 0 bridgehead atoms. The van der Waals surface area contributed by atoms with Crippen LogP contribution in [0.4, 0.5) is 0 Å². The molecule has 5 nitrogen and oxygen atoms in total. The summed E-state index contributed by atoms with van der Waals surface area (Å²) < 4.78 is 21.1.